The number of nitrogen functional groups attached to an aromatic ring is 1. The van der Waals surface area contributed by atoms with Crippen LogP contribution in [0.4, 0.5) is 5.69 Å². The topological polar surface area (TPSA) is 136 Å². The van der Waals surface area contributed by atoms with Crippen molar-refractivity contribution in [1.29, 1.82) is 0 Å². The van der Waals surface area contributed by atoms with Crippen LogP contribution >= 0.6 is 11.6 Å². The summed E-state index contributed by atoms with van der Waals surface area (Å²) < 4.78 is 0. The van der Waals surface area contributed by atoms with Gasteiger partial charge in [-0.05, 0) is 24.6 Å². The molecule has 0 radical (unpaired) electrons. The number of hydrogen-bond donors (Lipinski definition) is 4. The third-order valence-corrected chi connectivity index (χ3v) is 2.89. The Morgan fingerprint density at radius 3 is 2.50 bits per heavy atom. The second kappa shape index (κ2) is 6.76. The fourth-order valence-electron chi connectivity index (χ4n) is 1.47. The van der Waals surface area contributed by atoms with Crippen molar-refractivity contribution in [2.45, 2.75) is 18.9 Å². The van der Waals surface area contributed by atoms with Crippen LogP contribution in [0.15, 0.2) is 18.2 Å². The number of benzene rings is 1. The molecule has 0 heterocycles. The number of nitrogens with two attached hydrogens (primary N) is 2. The molecule has 0 saturated carbocycles. The first-order valence-electron chi connectivity index (χ1n) is 5.68. The van der Waals surface area contributed by atoms with Crippen LogP contribution in [0.1, 0.15) is 23.2 Å². The molecule has 0 aliphatic rings. The molecule has 0 fully saturated rings. The van der Waals surface area contributed by atoms with Gasteiger partial charge in [0, 0.05) is 12.0 Å². The second-order valence-electron chi connectivity index (χ2n) is 4.11. The van der Waals surface area contributed by atoms with Gasteiger partial charge in [0.25, 0.3) is 5.91 Å². The standard InChI is InChI=1S/C12H14ClN3O4/c13-7-2-1-6(5-8(7)14)11(18)16-9(12(19)20)3-4-10(15)17/h1-2,5,9H,3-4,14H2,(H2,15,17)(H,16,18)(H,19,20)/t9-/m1/s1. The number of carboxylic acid groups (broad SMARTS) is 1. The molecule has 0 unspecified atom stereocenters. The minimum absolute atomic E-state index is 0.0839. The number of nitrogens with one attached hydrogen (secondary N) is 1. The average molecular weight is 300 g/mol. The fourth-order valence-corrected chi connectivity index (χ4v) is 1.59. The molecule has 20 heavy (non-hydrogen) atoms. The number of primary amides is 1. The summed E-state index contributed by atoms with van der Waals surface area (Å²) in [7, 11) is 0. The van der Waals surface area contributed by atoms with Gasteiger partial charge in [-0.1, -0.05) is 11.6 Å². The van der Waals surface area contributed by atoms with E-state index in [-0.39, 0.29) is 24.1 Å². The molecule has 1 aromatic rings. The number of amides is 2. The molecule has 0 aliphatic heterocycles. The molecule has 1 atom stereocenters. The van der Waals surface area contributed by atoms with Crippen molar-refractivity contribution in [3.8, 4) is 0 Å². The summed E-state index contributed by atoms with van der Waals surface area (Å²) in [6.07, 6.45) is -0.223. The number of carbonyl (C=O) groups is 3. The van der Waals surface area contributed by atoms with E-state index in [1.54, 1.807) is 0 Å². The summed E-state index contributed by atoms with van der Waals surface area (Å²) in [6.45, 7) is 0. The van der Waals surface area contributed by atoms with Gasteiger partial charge < -0.3 is 21.9 Å². The van der Waals surface area contributed by atoms with Gasteiger partial charge in [0.05, 0.1) is 10.7 Å². The Bertz CT molecular complexity index is 548. The molecular weight excluding hydrogens is 286 g/mol. The molecule has 1 aromatic carbocycles. The molecule has 0 aromatic heterocycles. The normalized spacial score (nSPS) is 11.7. The van der Waals surface area contributed by atoms with Crippen LogP contribution in [0.2, 0.25) is 5.02 Å². The number of rotatable bonds is 6. The Balaban J connectivity index is 2.77. The maximum absolute atomic E-state index is 11.9. The maximum atomic E-state index is 11.9. The second-order valence-corrected chi connectivity index (χ2v) is 4.51. The molecule has 1 rings (SSSR count). The SMILES string of the molecule is NC(=O)CC[C@@H](NC(=O)c1ccc(Cl)c(N)c1)C(=O)O. The largest absolute Gasteiger partial charge is 0.480 e. The Morgan fingerprint density at radius 2 is 2.00 bits per heavy atom. The first-order valence-corrected chi connectivity index (χ1v) is 6.06. The first kappa shape index (κ1) is 15.8. The third-order valence-electron chi connectivity index (χ3n) is 2.54. The number of halogens is 1. The smallest absolute Gasteiger partial charge is 0.326 e. The van der Waals surface area contributed by atoms with Crippen molar-refractivity contribution in [3.63, 3.8) is 0 Å². The van der Waals surface area contributed by atoms with Gasteiger partial charge in [-0.3, -0.25) is 9.59 Å². The average Bonchev–Trinajstić information content (AvgIpc) is 2.36. The van der Waals surface area contributed by atoms with Crippen molar-refractivity contribution >= 4 is 35.1 Å². The number of hydrogen-bond acceptors (Lipinski definition) is 4. The minimum Gasteiger partial charge on any atom is -0.480 e. The van der Waals surface area contributed by atoms with Crippen LogP contribution in [0.3, 0.4) is 0 Å². The molecule has 108 valence electrons. The van der Waals surface area contributed by atoms with Gasteiger partial charge in [0.15, 0.2) is 0 Å². The van der Waals surface area contributed by atoms with Crippen molar-refractivity contribution < 1.29 is 19.5 Å². The predicted molar refractivity (Wildman–Crippen MR) is 73.2 cm³/mol. The highest BCUT2D eigenvalue weighted by atomic mass is 35.5. The Hall–Kier alpha value is -2.28. The highest BCUT2D eigenvalue weighted by molar-refractivity contribution is 6.33. The molecule has 0 bridgehead atoms. The third kappa shape index (κ3) is 4.43. The van der Waals surface area contributed by atoms with E-state index in [0.717, 1.165) is 0 Å². The van der Waals surface area contributed by atoms with Crippen LogP contribution < -0.4 is 16.8 Å². The van der Waals surface area contributed by atoms with E-state index in [0.29, 0.717) is 5.02 Å². The summed E-state index contributed by atoms with van der Waals surface area (Å²) in [5, 5.41) is 11.6. The quantitative estimate of drug-likeness (QED) is 0.563. The van der Waals surface area contributed by atoms with Gasteiger partial charge in [-0.15, -0.1) is 0 Å². The van der Waals surface area contributed by atoms with E-state index in [2.05, 4.69) is 5.32 Å². The van der Waals surface area contributed by atoms with E-state index in [4.69, 9.17) is 28.2 Å². The molecule has 0 saturated heterocycles. The zero-order valence-corrected chi connectivity index (χ0v) is 11.2. The summed E-state index contributed by atoms with van der Waals surface area (Å²) >= 11 is 5.72. The van der Waals surface area contributed by atoms with Gasteiger partial charge in [0.2, 0.25) is 5.91 Å². The van der Waals surface area contributed by atoms with E-state index >= 15 is 0 Å². The van der Waals surface area contributed by atoms with Crippen LogP contribution in [0.5, 0.6) is 0 Å². The molecule has 0 spiro atoms. The molecule has 7 nitrogen and oxygen atoms in total. The lowest BCUT2D eigenvalue weighted by Crippen LogP contribution is -2.41. The summed E-state index contributed by atoms with van der Waals surface area (Å²) in [5.41, 5.74) is 10.9. The van der Waals surface area contributed by atoms with Gasteiger partial charge in [-0.25, -0.2) is 4.79 Å². The Kier molecular flexibility index (Phi) is 5.33. The van der Waals surface area contributed by atoms with Crippen molar-refractivity contribution in [1.82, 2.24) is 5.32 Å². The van der Waals surface area contributed by atoms with E-state index in [1.807, 2.05) is 0 Å². The number of carboxylic acids is 1. The van der Waals surface area contributed by atoms with E-state index in [9.17, 15) is 14.4 Å². The summed E-state index contributed by atoms with van der Waals surface area (Å²) in [4.78, 5) is 33.5. The predicted octanol–water partition coefficient (Wildman–Crippen LogP) is 0.371. The molecule has 6 N–H and O–H groups in total. The lowest BCUT2D eigenvalue weighted by molar-refractivity contribution is -0.139. The van der Waals surface area contributed by atoms with Gasteiger partial charge >= 0.3 is 5.97 Å². The van der Waals surface area contributed by atoms with Gasteiger partial charge in [0.1, 0.15) is 6.04 Å². The van der Waals surface area contributed by atoms with Crippen LogP contribution in [0, 0.1) is 0 Å². The zero-order valence-electron chi connectivity index (χ0n) is 10.4. The zero-order chi connectivity index (χ0) is 15.3. The van der Waals surface area contributed by atoms with E-state index in [1.165, 1.54) is 18.2 Å². The number of aliphatic carboxylic acids is 1. The monoisotopic (exact) mass is 299 g/mol. The minimum atomic E-state index is -1.25. The molecule has 8 heteroatoms. The lowest BCUT2D eigenvalue weighted by atomic mass is 10.1. The van der Waals surface area contributed by atoms with Crippen molar-refractivity contribution in [2.24, 2.45) is 5.73 Å². The molecular formula is C12H14ClN3O4. The highest BCUT2D eigenvalue weighted by Gasteiger charge is 2.21. The van der Waals surface area contributed by atoms with Gasteiger partial charge in [-0.2, -0.15) is 0 Å². The van der Waals surface area contributed by atoms with Crippen molar-refractivity contribution in [2.75, 3.05) is 5.73 Å². The Morgan fingerprint density at radius 1 is 1.35 bits per heavy atom. The summed E-state index contributed by atoms with van der Waals surface area (Å²) in [5.74, 6) is -2.51. The maximum Gasteiger partial charge on any atom is 0.326 e. The Labute approximate surface area is 119 Å². The van der Waals surface area contributed by atoms with Crippen LogP contribution in [-0.4, -0.2) is 28.9 Å². The van der Waals surface area contributed by atoms with Crippen LogP contribution in [0.25, 0.3) is 0 Å². The molecule has 2 amide bonds. The first-order chi connectivity index (χ1) is 9.31. The summed E-state index contributed by atoms with van der Waals surface area (Å²) in [6, 6.07) is 2.99. The number of carbonyl (C=O) groups excluding carboxylic acids is 2. The van der Waals surface area contributed by atoms with Crippen LogP contribution in [-0.2, 0) is 9.59 Å². The fraction of sp³-hybridized carbons (Fsp3) is 0.250. The highest BCUT2D eigenvalue weighted by Crippen LogP contribution is 2.19. The lowest BCUT2D eigenvalue weighted by Gasteiger charge is -2.14. The van der Waals surface area contributed by atoms with Crippen molar-refractivity contribution in [3.05, 3.63) is 28.8 Å². The molecule has 0 aliphatic carbocycles. The van der Waals surface area contributed by atoms with E-state index < -0.39 is 23.8 Å². The number of anilines is 1.